The molecule has 1 aromatic carbocycles. The number of fused-ring (bicyclic) bond motifs is 1. The number of likely N-dealkylation sites (tertiary alicyclic amines) is 1. The van der Waals surface area contributed by atoms with Gasteiger partial charge in [-0.25, -0.2) is 0 Å². The van der Waals surface area contributed by atoms with Crippen LogP contribution < -0.4 is 4.74 Å². The highest BCUT2D eigenvalue weighted by atomic mass is 16.5. The summed E-state index contributed by atoms with van der Waals surface area (Å²) in [6.07, 6.45) is 8.87. The second-order valence-electron chi connectivity index (χ2n) is 8.39. The molecule has 2 atom stereocenters. The third-order valence-electron chi connectivity index (χ3n) is 6.80. The SMILES string of the molecule is COC1=CC=C2C(C)N(CC3CC3)CCC2(c2c(C)ccc(OC)c2O)C1. The van der Waals surface area contributed by atoms with Crippen LogP contribution in [0, 0.1) is 12.8 Å². The Hall–Kier alpha value is -1.94. The van der Waals surface area contributed by atoms with Gasteiger partial charge in [-0.2, -0.15) is 0 Å². The molecule has 4 rings (SSSR count). The van der Waals surface area contributed by atoms with Gasteiger partial charge < -0.3 is 14.6 Å². The molecule has 0 spiro atoms. The summed E-state index contributed by atoms with van der Waals surface area (Å²) in [5.41, 5.74) is 3.28. The maximum Gasteiger partial charge on any atom is 0.162 e. The highest BCUT2D eigenvalue weighted by molar-refractivity contribution is 5.59. The molecule has 1 aliphatic heterocycles. The van der Waals surface area contributed by atoms with E-state index in [1.165, 1.54) is 25.0 Å². The summed E-state index contributed by atoms with van der Waals surface area (Å²) in [5, 5.41) is 11.1. The Morgan fingerprint density at radius 2 is 1.96 bits per heavy atom. The highest BCUT2D eigenvalue weighted by Gasteiger charge is 2.48. The van der Waals surface area contributed by atoms with E-state index in [1.807, 2.05) is 6.07 Å². The minimum atomic E-state index is -0.234. The maximum absolute atomic E-state index is 11.1. The summed E-state index contributed by atoms with van der Waals surface area (Å²) in [6, 6.07) is 4.28. The number of hydrogen-bond acceptors (Lipinski definition) is 4. The third-order valence-corrected chi connectivity index (χ3v) is 6.80. The molecule has 0 radical (unpaired) electrons. The van der Waals surface area contributed by atoms with E-state index in [0.29, 0.717) is 11.8 Å². The molecule has 2 aliphatic carbocycles. The van der Waals surface area contributed by atoms with Crippen LogP contribution in [-0.4, -0.2) is 43.4 Å². The first kappa shape index (κ1) is 18.4. The van der Waals surface area contributed by atoms with Gasteiger partial charge in [0, 0.05) is 30.0 Å². The summed E-state index contributed by atoms with van der Waals surface area (Å²) in [7, 11) is 3.35. The normalized spacial score (nSPS) is 28.2. The van der Waals surface area contributed by atoms with Crippen molar-refractivity contribution in [3.05, 3.63) is 46.7 Å². The van der Waals surface area contributed by atoms with Crippen molar-refractivity contribution in [2.45, 2.75) is 51.0 Å². The zero-order valence-corrected chi connectivity index (χ0v) is 16.9. The van der Waals surface area contributed by atoms with Crippen LogP contribution in [0.1, 0.15) is 43.7 Å². The third kappa shape index (κ3) is 3.04. The van der Waals surface area contributed by atoms with Crippen molar-refractivity contribution in [2.75, 3.05) is 27.3 Å². The summed E-state index contributed by atoms with van der Waals surface area (Å²) in [5.74, 6) is 2.68. The Labute approximate surface area is 162 Å². The van der Waals surface area contributed by atoms with Gasteiger partial charge in [-0.05, 0) is 68.9 Å². The molecular weight excluding hydrogens is 338 g/mol. The van der Waals surface area contributed by atoms with Crippen molar-refractivity contribution in [1.29, 1.82) is 0 Å². The lowest BCUT2D eigenvalue weighted by Gasteiger charge is -2.50. The Morgan fingerprint density at radius 1 is 1.19 bits per heavy atom. The predicted octanol–water partition coefficient (Wildman–Crippen LogP) is 4.31. The van der Waals surface area contributed by atoms with E-state index in [1.54, 1.807) is 14.2 Å². The first-order valence-corrected chi connectivity index (χ1v) is 10.1. The van der Waals surface area contributed by atoms with E-state index in [-0.39, 0.29) is 11.2 Å². The molecule has 1 N–H and O–H groups in total. The van der Waals surface area contributed by atoms with Crippen LogP contribution in [0.3, 0.4) is 0 Å². The first-order valence-electron chi connectivity index (χ1n) is 10.1. The molecule has 27 heavy (non-hydrogen) atoms. The number of phenolic OH excluding ortho intramolecular Hbond substituents is 1. The molecule has 1 saturated carbocycles. The Balaban J connectivity index is 1.82. The van der Waals surface area contributed by atoms with E-state index in [0.717, 1.165) is 42.2 Å². The minimum absolute atomic E-state index is 0.234. The smallest absolute Gasteiger partial charge is 0.162 e. The number of ether oxygens (including phenoxy) is 2. The summed E-state index contributed by atoms with van der Waals surface area (Å²) < 4.78 is 11.1. The van der Waals surface area contributed by atoms with Gasteiger partial charge in [0.15, 0.2) is 11.5 Å². The largest absolute Gasteiger partial charge is 0.504 e. The number of phenols is 1. The van der Waals surface area contributed by atoms with Gasteiger partial charge in [0.2, 0.25) is 0 Å². The van der Waals surface area contributed by atoms with Crippen molar-refractivity contribution in [1.82, 2.24) is 4.90 Å². The Morgan fingerprint density at radius 3 is 2.63 bits per heavy atom. The molecule has 0 aromatic heterocycles. The molecule has 1 aromatic rings. The van der Waals surface area contributed by atoms with Crippen molar-refractivity contribution < 1.29 is 14.6 Å². The Kier molecular flexibility index (Phi) is 4.71. The van der Waals surface area contributed by atoms with Crippen LogP contribution in [0.5, 0.6) is 11.5 Å². The van der Waals surface area contributed by atoms with E-state index in [2.05, 4.69) is 37.0 Å². The minimum Gasteiger partial charge on any atom is -0.504 e. The maximum atomic E-state index is 11.1. The molecule has 1 heterocycles. The number of rotatable bonds is 5. The van der Waals surface area contributed by atoms with E-state index < -0.39 is 0 Å². The van der Waals surface area contributed by atoms with Crippen LogP contribution in [0.25, 0.3) is 0 Å². The van der Waals surface area contributed by atoms with Crippen molar-refractivity contribution in [3.8, 4) is 11.5 Å². The van der Waals surface area contributed by atoms with Crippen molar-refractivity contribution in [2.24, 2.45) is 5.92 Å². The van der Waals surface area contributed by atoms with Gasteiger partial charge in [0.1, 0.15) is 0 Å². The lowest BCUT2D eigenvalue weighted by atomic mass is 9.61. The molecule has 3 aliphatic rings. The monoisotopic (exact) mass is 369 g/mol. The summed E-state index contributed by atoms with van der Waals surface area (Å²) in [6.45, 7) is 6.65. The lowest BCUT2D eigenvalue weighted by Crippen LogP contribution is -2.51. The van der Waals surface area contributed by atoms with E-state index >= 15 is 0 Å². The van der Waals surface area contributed by atoms with Crippen molar-refractivity contribution >= 4 is 0 Å². The fourth-order valence-corrected chi connectivity index (χ4v) is 5.12. The average molecular weight is 370 g/mol. The van der Waals surface area contributed by atoms with Gasteiger partial charge in [-0.15, -0.1) is 0 Å². The number of nitrogens with zero attached hydrogens (tertiary/aromatic N) is 1. The zero-order chi connectivity index (χ0) is 19.2. The number of allylic oxidation sites excluding steroid dienone is 3. The first-order chi connectivity index (χ1) is 13.0. The van der Waals surface area contributed by atoms with E-state index in [9.17, 15) is 5.11 Å². The van der Waals surface area contributed by atoms with Crippen molar-refractivity contribution in [3.63, 3.8) is 0 Å². The molecular formula is C23H31NO3. The molecule has 1 saturated heterocycles. The number of aryl methyl sites for hydroxylation is 1. The zero-order valence-electron chi connectivity index (χ0n) is 16.9. The van der Waals surface area contributed by atoms with Crippen LogP contribution >= 0.6 is 0 Å². The fourth-order valence-electron chi connectivity index (χ4n) is 5.12. The second kappa shape index (κ2) is 6.90. The molecule has 2 fully saturated rings. The lowest BCUT2D eigenvalue weighted by molar-refractivity contribution is 0.137. The summed E-state index contributed by atoms with van der Waals surface area (Å²) in [4.78, 5) is 2.62. The number of benzene rings is 1. The quantitative estimate of drug-likeness (QED) is 0.840. The Bertz CT molecular complexity index is 793. The van der Waals surface area contributed by atoms with Crippen LogP contribution in [0.2, 0.25) is 0 Å². The van der Waals surface area contributed by atoms with Gasteiger partial charge in [-0.3, -0.25) is 4.90 Å². The standard InChI is InChI=1S/C23H31NO3/c1-15-5-10-20(27-4)22(25)21(15)23-11-12-24(14-17-6-7-17)16(2)19(23)9-8-18(13-23)26-3/h5,8-10,16-17,25H,6-7,11-14H2,1-4H3. The van der Waals surface area contributed by atoms with E-state index in [4.69, 9.17) is 9.47 Å². The fraction of sp³-hybridized carbons (Fsp3) is 0.565. The predicted molar refractivity (Wildman–Crippen MR) is 107 cm³/mol. The van der Waals surface area contributed by atoms with Gasteiger partial charge in [-0.1, -0.05) is 12.1 Å². The molecule has 0 amide bonds. The number of hydrogen-bond donors (Lipinski definition) is 1. The van der Waals surface area contributed by atoms with Gasteiger partial charge in [0.05, 0.1) is 20.0 Å². The molecule has 0 bridgehead atoms. The topological polar surface area (TPSA) is 41.9 Å². The molecule has 146 valence electrons. The van der Waals surface area contributed by atoms with Crippen LogP contribution in [0.4, 0.5) is 0 Å². The summed E-state index contributed by atoms with van der Waals surface area (Å²) >= 11 is 0. The highest BCUT2D eigenvalue weighted by Crippen LogP contribution is 2.54. The number of piperidine rings is 1. The van der Waals surface area contributed by atoms with Crippen LogP contribution in [-0.2, 0) is 10.2 Å². The van der Waals surface area contributed by atoms with Gasteiger partial charge in [0.25, 0.3) is 0 Å². The second-order valence-corrected chi connectivity index (χ2v) is 8.39. The molecule has 4 heteroatoms. The van der Waals surface area contributed by atoms with Gasteiger partial charge >= 0.3 is 0 Å². The molecule has 4 nitrogen and oxygen atoms in total. The molecule has 2 unspecified atom stereocenters. The average Bonchev–Trinajstić information content (AvgIpc) is 3.48. The number of aromatic hydroxyl groups is 1. The number of methoxy groups -OCH3 is 2. The van der Waals surface area contributed by atoms with Crippen LogP contribution in [0.15, 0.2) is 35.6 Å².